The van der Waals surface area contributed by atoms with Gasteiger partial charge in [-0.2, -0.15) is 0 Å². The summed E-state index contributed by atoms with van der Waals surface area (Å²) in [5, 5.41) is 0. The van der Waals surface area contributed by atoms with Crippen LogP contribution in [0, 0.1) is 18.8 Å². The van der Waals surface area contributed by atoms with E-state index in [1.165, 1.54) is 50.0 Å². The Morgan fingerprint density at radius 1 is 1.12 bits per heavy atom. The average Bonchev–Trinajstić information content (AvgIpc) is 3.16. The van der Waals surface area contributed by atoms with E-state index in [4.69, 9.17) is 0 Å². The molecule has 2 aliphatic carbocycles. The van der Waals surface area contributed by atoms with E-state index in [9.17, 15) is 4.79 Å². The van der Waals surface area contributed by atoms with Crippen molar-refractivity contribution in [2.24, 2.45) is 11.8 Å². The van der Waals surface area contributed by atoms with Crippen LogP contribution in [0.4, 0.5) is 0 Å². The Labute approximate surface area is 145 Å². The number of nitrogens with zero attached hydrogens (tertiary/aromatic N) is 3. The van der Waals surface area contributed by atoms with Gasteiger partial charge in [-0.1, -0.05) is 25.7 Å². The first-order valence-electron chi connectivity index (χ1n) is 10.0. The zero-order valence-electron chi connectivity index (χ0n) is 15.0. The average molecular weight is 329 g/mol. The Morgan fingerprint density at radius 3 is 2.62 bits per heavy atom. The number of carbonyl (C=O) groups excluding carboxylic acids is 1. The lowest BCUT2D eigenvalue weighted by Crippen LogP contribution is -2.35. The number of aromatic nitrogens is 2. The van der Waals surface area contributed by atoms with Crippen LogP contribution in [0.25, 0.3) is 0 Å². The molecular formula is C20H31N3O. The number of amides is 1. The molecule has 3 fully saturated rings. The SMILES string of the molecule is Cc1cnc(C2CCC2)n1CC1CCN(C(=O)C2CCCCC2)C1. The van der Waals surface area contributed by atoms with Gasteiger partial charge in [0.1, 0.15) is 5.82 Å². The smallest absolute Gasteiger partial charge is 0.225 e. The summed E-state index contributed by atoms with van der Waals surface area (Å²) < 4.78 is 2.45. The summed E-state index contributed by atoms with van der Waals surface area (Å²) in [6, 6.07) is 0. The highest BCUT2D eigenvalue weighted by Crippen LogP contribution is 2.36. The van der Waals surface area contributed by atoms with E-state index < -0.39 is 0 Å². The summed E-state index contributed by atoms with van der Waals surface area (Å²) in [5.41, 5.74) is 1.29. The first-order valence-corrected chi connectivity index (χ1v) is 10.0. The van der Waals surface area contributed by atoms with Crippen LogP contribution in [0.2, 0.25) is 0 Å². The van der Waals surface area contributed by atoms with Gasteiger partial charge in [0.05, 0.1) is 0 Å². The van der Waals surface area contributed by atoms with E-state index in [-0.39, 0.29) is 0 Å². The molecule has 0 bridgehead atoms. The predicted octanol–water partition coefficient (Wildman–Crippen LogP) is 3.89. The second-order valence-electron chi connectivity index (χ2n) is 8.27. The quantitative estimate of drug-likeness (QED) is 0.840. The molecule has 1 saturated heterocycles. The third kappa shape index (κ3) is 3.12. The van der Waals surface area contributed by atoms with Gasteiger partial charge in [-0.25, -0.2) is 4.98 Å². The van der Waals surface area contributed by atoms with Crippen LogP contribution in [0.3, 0.4) is 0 Å². The number of imidazole rings is 1. The van der Waals surface area contributed by atoms with Crippen molar-refractivity contribution in [3.8, 4) is 0 Å². The largest absolute Gasteiger partial charge is 0.342 e. The van der Waals surface area contributed by atoms with Gasteiger partial charge in [0.15, 0.2) is 0 Å². The molecule has 1 amide bonds. The summed E-state index contributed by atoms with van der Waals surface area (Å²) in [6.07, 6.45) is 13.2. The van der Waals surface area contributed by atoms with Crippen molar-refractivity contribution in [1.82, 2.24) is 14.5 Å². The fraction of sp³-hybridized carbons (Fsp3) is 0.800. The van der Waals surface area contributed by atoms with E-state index in [1.54, 1.807) is 0 Å². The van der Waals surface area contributed by atoms with E-state index >= 15 is 0 Å². The van der Waals surface area contributed by atoms with Crippen LogP contribution in [0.15, 0.2) is 6.20 Å². The molecule has 0 aromatic carbocycles. The minimum Gasteiger partial charge on any atom is -0.342 e. The molecule has 1 aromatic rings. The van der Waals surface area contributed by atoms with Gasteiger partial charge in [0.2, 0.25) is 5.91 Å². The molecule has 0 radical (unpaired) electrons. The van der Waals surface area contributed by atoms with E-state index in [0.717, 1.165) is 38.9 Å². The fourth-order valence-corrected chi connectivity index (χ4v) is 4.76. The molecule has 0 N–H and O–H groups in total. The summed E-state index contributed by atoms with van der Waals surface area (Å²) in [7, 11) is 0. The molecule has 1 atom stereocenters. The van der Waals surface area contributed by atoms with Crippen molar-refractivity contribution in [3.05, 3.63) is 17.7 Å². The van der Waals surface area contributed by atoms with Gasteiger partial charge in [0.25, 0.3) is 0 Å². The van der Waals surface area contributed by atoms with Gasteiger partial charge in [-0.3, -0.25) is 4.79 Å². The van der Waals surface area contributed by atoms with Crippen molar-refractivity contribution >= 4 is 5.91 Å². The molecule has 2 heterocycles. The van der Waals surface area contributed by atoms with Crippen LogP contribution in [-0.2, 0) is 11.3 Å². The van der Waals surface area contributed by atoms with Crippen molar-refractivity contribution < 1.29 is 4.79 Å². The van der Waals surface area contributed by atoms with Crippen LogP contribution >= 0.6 is 0 Å². The Kier molecular flexibility index (Phi) is 4.64. The lowest BCUT2D eigenvalue weighted by Gasteiger charge is -2.28. The van der Waals surface area contributed by atoms with Crippen LogP contribution in [-0.4, -0.2) is 33.4 Å². The molecule has 4 heteroatoms. The summed E-state index contributed by atoms with van der Waals surface area (Å²) >= 11 is 0. The molecule has 1 aromatic heterocycles. The third-order valence-corrected chi connectivity index (χ3v) is 6.55. The zero-order valence-corrected chi connectivity index (χ0v) is 15.0. The molecular weight excluding hydrogens is 298 g/mol. The Hall–Kier alpha value is -1.32. The van der Waals surface area contributed by atoms with Gasteiger partial charge < -0.3 is 9.47 Å². The minimum absolute atomic E-state index is 0.318. The molecule has 1 aliphatic heterocycles. The first kappa shape index (κ1) is 16.2. The maximum absolute atomic E-state index is 12.8. The molecule has 4 rings (SSSR count). The third-order valence-electron chi connectivity index (χ3n) is 6.55. The maximum atomic E-state index is 12.8. The number of aryl methyl sites for hydroxylation is 1. The molecule has 132 valence electrons. The predicted molar refractivity (Wildman–Crippen MR) is 94.8 cm³/mol. The molecule has 0 spiro atoms. The highest BCUT2D eigenvalue weighted by atomic mass is 16.2. The maximum Gasteiger partial charge on any atom is 0.225 e. The number of hydrogen-bond donors (Lipinski definition) is 0. The van der Waals surface area contributed by atoms with Gasteiger partial charge in [-0.15, -0.1) is 0 Å². The standard InChI is InChI=1S/C20H31N3O/c1-15-12-21-19(17-8-5-9-17)23(15)14-16-10-11-22(13-16)20(24)18-6-3-2-4-7-18/h12,16-18H,2-11,13-14H2,1H3. The normalized spacial score (nSPS) is 25.9. The second kappa shape index (κ2) is 6.89. The van der Waals surface area contributed by atoms with Crippen molar-refractivity contribution in [1.29, 1.82) is 0 Å². The van der Waals surface area contributed by atoms with E-state index in [0.29, 0.717) is 23.7 Å². The monoisotopic (exact) mass is 329 g/mol. The second-order valence-corrected chi connectivity index (χ2v) is 8.27. The van der Waals surface area contributed by atoms with Crippen molar-refractivity contribution in [2.45, 2.75) is 77.2 Å². The number of likely N-dealkylation sites (tertiary alicyclic amines) is 1. The Balaban J connectivity index is 1.37. The topological polar surface area (TPSA) is 38.1 Å². The van der Waals surface area contributed by atoms with Gasteiger partial charge in [-0.05, 0) is 44.9 Å². The highest BCUT2D eigenvalue weighted by molar-refractivity contribution is 5.79. The molecule has 3 aliphatic rings. The number of carbonyl (C=O) groups is 1. The molecule has 24 heavy (non-hydrogen) atoms. The first-order chi connectivity index (χ1) is 11.7. The van der Waals surface area contributed by atoms with E-state index in [2.05, 4.69) is 21.4 Å². The van der Waals surface area contributed by atoms with Crippen LogP contribution in [0.1, 0.15) is 75.2 Å². The fourth-order valence-electron chi connectivity index (χ4n) is 4.76. The Morgan fingerprint density at radius 2 is 1.92 bits per heavy atom. The van der Waals surface area contributed by atoms with Crippen molar-refractivity contribution in [2.75, 3.05) is 13.1 Å². The lowest BCUT2D eigenvalue weighted by molar-refractivity contribution is -0.135. The summed E-state index contributed by atoms with van der Waals surface area (Å²) in [4.78, 5) is 19.6. The summed E-state index contributed by atoms with van der Waals surface area (Å²) in [6.45, 7) is 5.14. The summed E-state index contributed by atoms with van der Waals surface area (Å²) in [5.74, 6) is 3.34. The van der Waals surface area contributed by atoms with Gasteiger partial charge in [0, 0.05) is 43.4 Å². The Bertz CT molecular complexity index is 584. The molecule has 2 saturated carbocycles. The number of rotatable bonds is 4. The zero-order chi connectivity index (χ0) is 16.5. The van der Waals surface area contributed by atoms with Gasteiger partial charge >= 0.3 is 0 Å². The number of hydrogen-bond acceptors (Lipinski definition) is 2. The van der Waals surface area contributed by atoms with Crippen molar-refractivity contribution in [3.63, 3.8) is 0 Å². The lowest BCUT2D eigenvalue weighted by atomic mass is 9.84. The minimum atomic E-state index is 0.318. The highest BCUT2D eigenvalue weighted by Gasteiger charge is 2.33. The van der Waals surface area contributed by atoms with Crippen LogP contribution in [0.5, 0.6) is 0 Å². The molecule has 4 nitrogen and oxygen atoms in total. The van der Waals surface area contributed by atoms with Crippen LogP contribution < -0.4 is 0 Å². The van der Waals surface area contributed by atoms with E-state index in [1.807, 2.05) is 6.20 Å². The molecule has 1 unspecified atom stereocenters.